The number of nitrogens with zero attached hydrogens (tertiary/aromatic N) is 2. The first-order valence-corrected chi connectivity index (χ1v) is 21.1. The fourth-order valence-corrected chi connectivity index (χ4v) is 12.7. The van der Waals surface area contributed by atoms with E-state index in [1.165, 1.54) is 0 Å². The molecular weight excluding hydrogens is 713 g/mol. The summed E-state index contributed by atoms with van der Waals surface area (Å²) in [6.45, 7) is 0. The average Bonchev–Trinajstić information content (AvgIpc) is 3.48. The molecule has 0 bridgehead atoms. The highest BCUT2D eigenvalue weighted by Crippen LogP contribution is 2.57. The van der Waals surface area contributed by atoms with Crippen LogP contribution in [0.1, 0.15) is 0 Å². The summed E-state index contributed by atoms with van der Waals surface area (Å²) in [7, 11) is -4.10. The highest BCUT2D eigenvalue weighted by atomic mass is 28.4. The predicted octanol–water partition coefficient (Wildman–Crippen LogP) is 13.8. The van der Waals surface area contributed by atoms with Gasteiger partial charge >= 0.3 is 8.88 Å². The van der Waals surface area contributed by atoms with E-state index in [1.807, 2.05) is 0 Å². The summed E-state index contributed by atoms with van der Waals surface area (Å²) in [5.74, 6) is 1.56. The monoisotopic (exact) mass is 746 g/mol. The first-order chi connectivity index (χ1) is 28.3. The number of rotatable bonds is 2. The van der Waals surface area contributed by atoms with E-state index in [2.05, 4.69) is 215 Å². The van der Waals surface area contributed by atoms with Crippen LogP contribution in [0.5, 0.6) is 11.5 Å². The molecule has 268 valence electrons. The van der Waals surface area contributed by atoms with Gasteiger partial charge in [0.2, 0.25) is 0 Å². The number of hydrogen-bond donors (Lipinski definition) is 0. The molecule has 57 heavy (non-hydrogen) atoms. The smallest absolute Gasteiger partial charge is 0.480 e. The van der Waals surface area contributed by atoms with Crippen LogP contribution >= 0.6 is 0 Å². The average molecular weight is 747 g/mol. The molecule has 0 fully saturated rings. The maximum absolute atomic E-state index is 8.05. The van der Waals surface area contributed by atoms with Crippen molar-refractivity contribution in [3.8, 4) is 33.8 Å². The second kappa shape index (κ2) is 12.3. The van der Waals surface area contributed by atoms with Crippen LogP contribution in [0.25, 0.3) is 65.3 Å². The molecule has 0 saturated heterocycles. The molecule has 12 rings (SSSR count). The molecule has 5 heteroatoms. The van der Waals surface area contributed by atoms with E-state index in [-0.39, 0.29) is 0 Å². The molecule has 1 spiro atoms. The Labute approximate surface area is 331 Å². The quantitative estimate of drug-likeness (QED) is 0.164. The minimum atomic E-state index is -4.10. The van der Waals surface area contributed by atoms with Crippen molar-refractivity contribution in [2.24, 2.45) is 0 Å². The van der Waals surface area contributed by atoms with Crippen LogP contribution in [0, 0.1) is 0 Å². The third kappa shape index (κ3) is 4.67. The topological polar surface area (TPSA) is 24.9 Å². The Morgan fingerprint density at radius 3 is 0.982 bits per heavy atom. The lowest BCUT2D eigenvalue weighted by Gasteiger charge is -2.45. The lowest BCUT2D eigenvalue weighted by atomic mass is 9.91. The molecule has 0 amide bonds. The molecule has 2 aliphatic rings. The number of hydrogen-bond acceptors (Lipinski definition) is 4. The Bertz CT molecular complexity index is 3000. The van der Waals surface area contributed by atoms with E-state index in [1.54, 1.807) is 0 Å². The maximum atomic E-state index is 8.05. The molecule has 2 heterocycles. The minimum absolute atomic E-state index is 0.781. The minimum Gasteiger partial charge on any atom is -0.480 e. The van der Waals surface area contributed by atoms with Crippen molar-refractivity contribution in [1.82, 2.24) is 0 Å². The molecule has 0 N–H and O–H groups in total. The van der Waals surface area contributed by atoms with Crippen molar-refractivity contribution in [3.05, 3.63) is 206 Å². The van der Waals surface area contributed by atoms with Gasteiger partial charge in [0, 0.05) is 45.0 Å². The van der Waals surface area contributed by atoms with Crippen molar-refractivity contribution < 1.29 is 8.85 Å². The van der Waals surface area contributed by atoms with Gasteiger partial charge in [0.1, 0.15) is 11.5 Å². The third-order valence-corrected chi connectivity index (χ3v) is 14.8. The van der Waals surface area contributed by atoms with Gasteiger partial charge < -0.3 is 8.85 Å². The van der Waals surface area contributed by atoms with E-state index in [0.29, 0.717) is 0 Å². The Kier molecular flexibility index (Phi) is 6.91. The zero-order valence-electron chi connectivity index (χ0n) is 30.8. The second-order valence-corrected chi connectivity index (χ2v) is 17.2. The molecule has 0 saturated carbocycles. The zero-order chi connectivity index (χ0) is 37.5. The first kappa shape index (κ1) is 32.0. The van der Waals surface area contributed by atoms with Crippen molar-refractivity contribution in [3.63, 3.8) is 0 Å². The molecule has 10 aromatic carbocycles. The van der Waals surface area contributed by atoms with E-state index in [9.17, 15) is 0 Å². The number of anilines is 4. The van der Waals surface area contributed by atoms with Gasteiger partial charge in [0.05, 0.1) is 0 Å². The molecule has 2 aliphatic heterocycles. The van der Waals surface area contributed by atoms with E-state index in [0.717, 1.165) is 99.6 Å². The SMILES string of the molecule is c1ccc(N2c3ccc4ccccc4c3-c3c(ccc4ccccc34)O[Si]23Oc2ccc4ccccc4c2-c2c(ccc4ccccc24)N3c2ccccc2)cc1. The highest BCUT2D eigenvalue weighted by Gasteiger charge is 2.64. The first-order valence-electron chi connectivity index (χ1n) is 19.4. The summed E-state index contributed by atoms with van der Waals surface area (Å²) in [6, 6.07) is 73.8. The van der Waals surface area contributed by atoms with Gasteiger partial charge in [-0.15, -0.1) is 0 Å². The van der Waals surface area contributed by atoms with Gasteiger partial charge in [0.15, 0.2) is 0 Å². The summed E-state index contributed by atoms with van der Waals surface area (Å²) in [5, 5.41) is 9.19. The highest BCUT2D eigenvalue weighted by molar-refractivity contribution is 6.80. The Morgan fingerprint density at radius 2 is 0.596 bits per heavy atom. The van der Waals surface area contributed by atoms with Crippen molar-refractivity contribution in [1.29, 1.82) is 0 Å². The summed E-state index contributed by atoms with van der Waals surface area (Å²) >= 11 is 0. The van der Waals surface area contributed by atoms with Crippen molar-refractivity contribution in [2.75, 3.05) is 9.13 Å². The van der Waals surface area contributed by atoms with Crippen molar-refractivity contribution in [2.45, 2.75) is 0 Å². The molecule has 4 nitrogen and oxygen atoms in total. The molecule has 0 atom stereocenters. The number of para-hydroxylation sites is 2. The maximum Gasteiger partial charge on any atom is 0.733 e. The largest absolute Gasteiger partial charge is 0.733 e. The molecule has 0 radical (unpaired) electrons. The summed E-state index contributed by atoms with van der Waals surface area (Å²) in [6.07, 6.45) is 0. The fraction of sp³-hybridized carbons (Fsp3) is 0. The summed E-state index contributed by atoms with van der Waals surface area (Å²) < 4.78 is 20.9. The van der Waals surface area contributed by atoms with Gasteiger partial charge in [-0.2, -0.15) is 0 Å². The van der Waals surface area contributed by atoms with Crippen molar-refractivity contribution >= 4 is 74.7 Å². The van der Waals surface area contributed by atoms with Crippen LogP contribution in [0.3, 0.4) is 0 Å². The van der Waals surface area contributed by atoms with E-state index >= 15 is 0 Å². The number of fused-ring (bicyclic) bond motifs is 14. The normalized spacial score (nSPS) is 14.0. The molecule has 0 aliphatic carbocycles. The fourth-order valence-electron chi connectivity index (χ4n) is 9.26. The van der Waals surface area contributed by atoms with Gasteiger partial charge in [-0.05, 0) is 91.6 Å². The lowest BCUT2D eigenvalue weighted by Crippen LogP contribution is -2.72. The van der Waals surface area contributed by atoms with E-state index in [4.69, 9.17) is 8.85 Å². The summed E-state index contributed by atoms with van der Waals surface area (Å²) in [4.78, 5) is 0. The van der Waals surface area contributed by atoms with E-state index < -0.39 is 8.88 Å². The van der Waals surface area contributed by atoms with Gasteiger partial charge in [-0.25, -0.2) is 0 Å². The second-order valence-electron chi connectivity index (χ2n) is 14.8. The third-order valence-electron chi connectivity index (χ3n) is 11.7. The Balaban J connectivity index is 1.31. The Morgan fingerprint density at radius 1 is 0.281 bits per heavy atom. The lowest BCUT2D eigenvalue weighted by molar-refractivity contribution is 0.385. The molecule has 0 aromatic heterocycles. The Hall–Kier alpha value is -7.34. The standard InChI is InChI=1S/C52H34N2O2Si/c1-3-19-39(20-4-1)53-45-31-27-35-15-7-11-23-41(35)49(45)51-43-25-13-9-17-37(43)29-33-47(51)55-57(53)54(40-21-5-2-6-22-40)46-32-28-36-16-8-12-24-42(36)50(46)52-44-26-14-10-18-38(44)30-34-48(52)56-57/h1-34H. The predicted molar refractivity (Wildman–Crippen MR) is 238 cm³/mol. The van der Waals surface area contributed by atoms with Gasteiger partial charge in [-0.3, -0.25) is 9.13 Å². The van der Waals surface area contributed by atoms with Gasteiger partial charge in [-0.1, -0.05) is 158 Å². The summed E-state index contributed by atoms with van der Waals surface area (Å²) in [5.41, 5.74) is 8.35. The van der Waals surface area contributed by atoms with Gasteiger partial charge in [0.25, 0.3) is 0 Å². The van der Waals surface area contributed by atoms with Crippen LogP contribution in [0.4, 0.5) is 22.7 Å². The zero-order valence-corrected chi connectivity index (χ0v) is 31.8. The van der Waals surface area contributed by atoms with Crippen LogP contribution < -0.4 is 18.0 Å². The number of benzene rings is 10. The van der Waals surface area contributed by atoms with Crippen LogP contribution in [-0.4, -0.2) is 8.88 Å². The molecular formula is C52H34N2O2Si. The van der Waals surface area contributed by atoms with Crippen LogP contribution in [0.15, 0.2) is 206 Å². The molecule has 0 unspecified atom stereocenters. The van der Waals surface area contributed by atoms with Crippen LogP contribution in [0.2, 0.25) is 0 Å². The molecule has 10 aromatic rings. The van der Waals surface area contributed by atoms with Crippen LogP contribution in [-0.2, 0) is 0 Å².